The number of likely N-dealkylation sites (tertiary alicyclic amines) is 2. The van der Waals surface area contributed by atoms with Gasteiger partial charge in [0, 0.05) is 30.2 Å². The quantitative estimate of drug-likeness (QED) is 0.483. The fourth-order valence-corrected chi connectivity index (χ4v) is 9.18. The number of hydrogen-bond donors (Lipinski definition) is 0. The van der Waals surface area contributed by atoms with E-state index in [1.807, 2.05) is 4.90 Å². The summed E-state index contributed by atoms with van der Waals surface area (Å²) in [5.74, 6) is 0.408. The van der Waals surface area contributed by atoms with Crippen LogP contribution in [-0.4, -0.2) is 78.5 Å². The van der Waals surface area contributed by atoms with Gasteiger partial charge in [-0.2, -0.15) is 4.31 Å². The van der Waals surface area contributed by atoms with Crippen LogP contribution < -0.4 is 0 Å². The highest BCUT2D eigenvalue weighted by atomic mass is 35.5. The smallest absolute Gasteiger partial charge is 0.410 e. The maximum Gasteiger partial charge on any atom is 0.410 e. The molecule has 6 rings (SSSR count). The van der Waals surface area contributed by atoms with Crippen molar-refractivity contribution in [3.8, 4) is 0 Å². The molecule has 9 heteroatoms. The minimum atomic E-state index is -3.74. The molecular formula is C28H40ClN3O4S. The first-order valence-electron chi connectivity index (χ1n) is 14.4. The van der Waals surface area contributed by atoms with Gasteiger partial charge >= 0.3 is 6.09 Å². The lowest BCUT2D eigenvalue weighted by molar-refractivity contribution is -0.0163. The Morgan fingerprint density at radius 3 is 2.16 bits per heavy atom. The van der Waals surface area contributed by atoms with Gasteiger partial charge in [0.1, 0.15) is 5.60 Å². The molecule has 3 saturated heterocycles. The van der Waals surface area contributed by atoms with Gasteiger partial charge in [-0.1, -0.05) is 24.4 Å². The number of hydrogen-bond acceptors (Lipinski definition) is 5. The van der Waals surface area contributed by atoms with E-state index in [2.05, 4.69) is 4.90 Å². The van der Waals surface area contributed by atoms with E-state index in [0.29, 0.717) is 17.0 Å². The fourth-order valence-electron chi connectivity index (χ4n) is 7.06. The van der Waals surface area contributed by atoms with Gasteiger partial charge < -0.3 is 14.5 Å². The Bertz CT molecular complexity index is 1080. The number of amides is 1. The molecule has 5 aliphatic rings. The minimum absolute atomic E-state index is 0.0177. The van der Waals surface area contributed by atoms with E-state index in [1.165, 1.54) is 32.4 Å². The number of nitrogens with zero attached hydrogens (tertiary/aromatic N) is 3. The van der Waals surface area contributed by atoms with Crippen LogP contribution in [0.2, 0.25) is 5.02 Å². The van der Waals surface area contributed by atoms with Gasteiger partial charge in [-0.3, -0.25) is 0 Å². The van der Waals surface area contributed by atoms with Crippen molar-refractivity contribution < 1.29 is 17.9 Å². The molecule has 1 aromatic rings. The predicted octanol–water partition coefficient (Wildman–Crippen LogP) is 5.28. The third-order valence-corrected chi connectivity index (χ3v) is 11.6. The second-order valence-electron chi connectivity index (χ2n) is 11.9. The molecule has 37 heavy (non-hydrogen) atoms. The zero-order valence-corrected chi connectivity index (χ0v) is 23.3. The van der Waals surface area contributed by atoms with E-state index in [1.54, 1.807) is 28.6 Å². The Morgan fingerprint density at radius 2 is 1.54 bits per heavy atom. The molecule has 3 aliphatic heterocycles. The van der Waals surface area contributed by atoms with Crippen LogP contribution >= 0.6 is 11.6 Å². The van der Waals surface area contributed by atoms with Crippen molar-refractivity contribution in [3.63, 3.8) is 0 Å². The van der Waals surface area contributed by atoms with Crippen LogP contribution in [-0.2, 0) is 14.8 Å². The van der Waals surface area contributed by atoms with Crippen molar-refractivity contribution in [1.29, 1.82) is 0 Å². The summed E-state index contributed by atoms with van der Waals surface area (Å²) >= 11 is 6.06. The number of rotatable bonds is 6. The van der Waals surface area contributed by atoms with Crippen LogP contribution in [0.3, 0.4) is 0 Å². The first-order valence-corrected chi connectivity index (χ1v) is 16.2. The maximum atomic E-state index is 14.0. The summed E-state index contributed by atoms with van der Waals surface area (Å²) in [6.07, 6.45) is 11.8. The number of ether oxygens (including phenoxy) is 1. The molecule has 0 radical (unpaired) electrons. The first kappa shape index (κ1) is 25.9. The van der Waals surface area contributed by atoms with Crippen molar-refractivity contribution in [1.82, 2.24) is 14.1 Å². The van der Waals surface area contributed by atoms with Crippen LogP contribution in [0.15, 0.2) is 29.2 Å². The van der Waals surface area contributed by atoms with E-state index >= 15 is 0 Å². The van der Waals surface area contributed by atoms with Crippen molar-refractivity contribution in [2.24, 2.45) is 5.92 Å². The summed E-state index contributed by atoms with van der Waals surface area (Å²) < 4.78 is 36.1. The first-order chi connectivity index (χ1) is 17.9. The van der Waals surface area contributed by atoms with E-state index in [-0.39, 0.29) is 23.1 Å². The zero-order chi connectivity index (χ0) is 25.6. The highest BCUT2D eigenvalue weighted by Gasteiger charge is 2.61. The highest BCUT2D eigenvalue weighted by Crippen LogP contribution is 2.53. The molecule has 2 saturated carbocycles. The Hall–Kier alpha value is -1.35. The summed E-state index contributed by atoms with van der Waals surface area (Å²) in [5.41, 5.74) is -0.701. The third kappa shape index (κ3) is 5.28. The second-order valence-corrected chi connectivity index (χ2v) is 14.2. The highest BCUT2D eigenvalue weighted by molar-refractivity contribution is 7.89. The average Bonchev–Trinajstić information content (AvgIpc) is 3.85. The normalized spacial score (nSPS) is 29.7. The van der Waals surface area contributed by atoms with Crippen molar-refractivity contribution >= 4 is 27.7 Å². The number of carbonyl (C=O) groups is 1. The van der Waals surface area contributed by atoms with E-state index in [9.17, 15) is 13.2 Å². The number of carbonyl (C=O) groups excluding carboxylic acids is 1. The van der Waals surface area contributed by atoms with Gasteiger partial charge in [-0.05, 0) is 107 Å². The molecule has 0 spiro atoms. The predicted molar refractivity (Wildman–Crippen MR) is 143 cm³/mol. The van der Waals surface area contributed by atoms with Gasteiger partial charge in [-0.25, -0.2) is 13.2 Å². The summed E-state index contributed by atoms with van der Waals surface area (Å²) in [6.45, 7) is 3.80. The van der Waals surface area contributed by atoms with Crippen LogP contribution in [0.5, 0.6) is 0 Å². The van der Waals surface area contributed by atoms with Crippen LogP contribution in [0.4, 0.5) is 4.79 Å². The summed E-state index contributed by atoms with van der Waals surface area (Å²) in [7, 11) is -3.74. The SMILES string of the molecule is O=C(OC1(C2CCCC(C3CC3)N2S(=O)(=O)c2ccc(Cl)cc2)CC1)N1CCC(N2CCCCC2)CC1. The number of piperidine rings is 3. The lowest BCUT2D eigenvalue weighted by atomic mass is 9.91. The Balaban J connectivity index is 1.17. The largest absolute Gasteiger partial charge is 0.441 e. The van der Waals surface area contributed by atoms with Gasteiger partial charge in [-0.15, -0.1) is 0 Å². The van der Waals surface area contributed by atoms with Crippen LogP contribution in [0.1, 0.15) is 77.0 Å². The Morgan fingerprint density at radius 1 is 0.865 bits per heavy atom. The standard InChI is InChI=1S/C28H40ClN3O4S/c29-22-9-11-24(12-10-22)37(34,35)32-25(21-7-8-21)5-4-6-26(32)28(15-16-28)36-27(33)31-19-13-23(14-20-31)30-17-2-1-3-18-30/h9-12,21,23,25-26H,1-8,13-20H2. The maximum absolute atomic E-state index is 14.0. The third-order valence-electron chi connectivity index (χ3n) is 9.44. The number of sulfonamides is 1. The molecule has 0 N–H and O–H groups in total. The molecule has 2 unspecified atom stereocenters. The van der Waals surface area contributed by atoms with Gasteiger partial charge in [0.15, 0.2) is 0 Å². The summed E-state index contributed by atoms with van der Waals surface area (Å²) in [4.78, 5) is 18.1. The van der Waals surface area contributed by atoms with Crippen molar-refractivity contribution in [2.45, 2.75) is 106 Å². The molecule has 3 heterocycles. The summed E-state index contributed by atoms with van der Waals surface area (Å²) in [6, 6.07) is 6.73. The van der Waals surface area contributed by atoms with E-state index in [4.69, 9.17) is 16.3 Å². The van der Waals surface area contributed by atoms with Crippen LogP contribution in [0.25, 0.3) is 0 Å². The van der Waals surface area contributed by atoms with Crippen LogP contribution in [0, 0.1) is 5.92 Å². The molecule has 2 aliphatic carbocycles. The van der Waals surface area contributed by atoms with E-state index in [0.717, 1.165) is 70.9 Å². The van der Waals surface area contributed by atoms with E-state index < -0.39 is 15.6 Å². The molecule has 204 valence electrons. The average molecular weight is 550 g/mol. The lowest BCUT2D eigenvalue weighted by Gasteiger charge is -2.45. The second kappa shape index (κ2) is 10.3. The number of halogens is 1. The van der Waals surface area contributed by atoms with Gasteiger partial charge in [0.2, 0.25) is 10.0 Å². The minimum Gasteiger partial charge on any atom is -0.441 e. The monoisotopic (exact) mass is 549 g/mol. The summed E-state index contributed by atoms with van der Waals surface area (Å²) in [5, 5.41) is 0.518. The lowest BCUT2D eigenvalue weighted by Crippen LogP contribution is -2.58. The molecule has 2 atom stereocenters. The van der Waals surface area contributed by atoms with Crippen molar-refractivity contribution in [2.75, 3.05) is 26.2 Å². The zero-order valence-electron chi connectivity index (χ0n) is 21.7. The van der Waals surface area contributed by atoms with Gasteiger partial charge in [0.25, 0.3) is 0 Å². The van der Waals surface area contributed by atoms with Crippen molar-refractivity contribution in [3.05, 3.63) is 29.3 Å². The molecule has 5 fully saturated rings. The fraction of sp³-hybridized carbons (Fsp3) is 0.750. The molecule has 0 aromatic heterocycles. The Labute approximate surface area is 226 Å². The topological polar surface area (TPSA) is 70.2 Å². The Kier molecular flexibility index (Phi) is 7.23. The molecular weight excluding hydrogens is 510 g/mol. The molecule has 1 aromatic carbocycles. The molecule has 0 bridgehead atoms. The molecule has 7 nitrogen and oxygen atoms in total. The number of benzene rings is 1. The van der Waals surface area contributed by atoms with Gasteiger partial charge in [0.05, 0.1) is 10.9 Å². The molecule has 1 amide bonds.